The number of aromatic nitrogens is 1. The smallest absolute Gasteiger partial charge is 0.131 e. The van der Waals surface area contributed by atoms with E-state index in [9.17, 15) is 0 Å². The summed E-state index contributed by atoms with van der Waals surface area (Å²) < 4.78 is 1.21. The van der Waals surface area contributed by atoms with Crippen LogP contribution in [0, 0.1) is 6.92 Å². The second kappa shape index (κ2) is 8.48. The van der Waals surface area contributed by atoms with Gasteiger partial charge in [0.25, 0.3) is 0 Å². The van der Waals surface area contributed by atoms with Crippen molar-refractivity contribution in [1.82, 2.24) is 4.98 Å². The summed E-state index contributed by atoms with van der Waals surface area (Å²) in [6.07, 6.45) is 7.46. The van der Waals surface area contributed by atoms with Crippen molar-refractivity contribution in [3.63, 3.8) is 0 Å². The van der Waals surface area contributed by atoms with E-state index in [0.717, 1.165) is 24.2 Å². The van der Waals surface area contributed by atoms with Gasteiger partial charge in [0.15, 0.2) is 0 Å². The number of thiophene rings is 2. The van der Waals surface area contributed by atoms with Gasteiger partial charge in [-0.2, -0.15) is 0 Å². The highest BCUT2D eigenvalue weighted by molar-refractivity contribution is 7.20. The highest BCUT2D eigenvalue weighted by atomic mass is 35.5. The van der Waals surface area contributed by atoms with Crippen molar-refractivity contribution in [1.29, 1.82) is 0 Å². The van der Waals surface area contributed by atoms with E-state index in [1.165, 1.54) is 52.1 Å². The van der Waals surface area contributed by atoms with Gasteiger partial charge in [0, 0.05) is 34.3 Å². The van der Waals surface area contributed by atoms with Crippen LogP contribution < -0.4 is 11.1 Å². The summed E-state index contributed by atoms with van der Waals surface area (Å²) in [6.45, 7) is 2.99. The number of nitrogens with one attached hydrogen (secondary N) is 1. The van der Waals surface area contributed by atoms with Crippen molar-refractivity contribution in [2.75, 3.05) is 5.32 Å². The zero-order chi connectivity index (χ0) is 18.8. The van der Waals surface area contributed by atoms with Gasteiger partial charge in [-0.15, -0.1) is 22.7 Å². The Bertz CT molecular complexity index is 904. The third-order valence-electron chi connectivity index (χ3n) is 5.57. The van der Waals surface area contributed by atoms with Gasteiger partial charge in [0.05, 0.1) is 15.9 Å². The molecule has 0 radical (unpaired) electrons. The molecule has 3 nitrogen and oxygen atoms in total. The van der Waals surface area contributed by atoms with Crippen LogP contribution in [0.15, 0.2) is 23.6 Å². The molecule has 4 rings (SSSR count). The number of anilines is 1. The second-order valence-corrected chi connectivity index (χ2v) is 9.93. The van der Waals surface area contributed by atoms with Gasteiger partial charge >= 0.3 is 0 Å². The predicted octanol–water partition coefficient (Wildman–Crippen LogP) is 6.70. The summed E-state index contributed by atoms with van der Waals surface area (Å²) in [7, 11) is 0. The third-order valence-corrected chi connectivity index (χ3v) is 8.08. The Morgan fingerprint density at radius 1 is 1.26 bits per heavy atom. The Kier molecular flexibility index (Phi) is 6.02. The molecule has 3 aromatic heterocycles. The molecule has 27 heavy (non-hydrogen) atoms. The van der Waals surface area contributed by atoms with Crippen molar-refractivity contribution in [3.8, 4) is 0 Å². The van der Waals surface area contributed by atoms with Crippen LogP contribution in [-0.4, -0.2) is 11.0 Å². The number of nitrogens with zero attached hydrogens (tertiary/aromatic N) is 1. The molecule has 0 bridgehead atoms. The van der Waals surface area contributed by atoms with Crippen LogP contribution in [0.5, 0.6) is 0 Å². The number of pyridine rings is 1. The highest BCUT2D eigenvalue weighted by Crippen LogP contribution is 2.43. The molecule has 1 fully saturated rings. The van der Waals surface area contributed by atoms with E-state index in [4.69, 9.17) is 17.3 Å². The molecule has 1 aliphatic rings. The minimum atomic E-state index is 0.245. The fourth-order valence-corrected chi connectivity index (χ4v) is 6.37. The second-order valence-electron chi connectivity index (χ2n) is 7.46. The van der Waals surface area contributed by atoms with Crippen LogP contribution in [0.4, 0.5) is 5.69 Å². The van der Waals surface area contributed by atoms with Gasteiger partial charge in [0.2, 0.25) is 0 Å². The zero-order valence-corrected chi connectivity index (χ0v) is 18.0. The molecular weight excluding hydrogens is 394 g/mol. The summed E-state index contributed by atoms with van der Waals surface area (Å²) in [4.78, 5) is 7.38. The number of fused-ring (bicyclic) bond motifs is 1. The first-order valence-electron chi connectivity index (χ1n) is 9.75. The number of aryl methyl sites for hydroxylation is 1. The normalized spacial score (nSPS) is 21.1. The Balaban J connectivity index is 1.70. The SMILES string of the molecule is Cc1c([C@H]2CCCCCC[C@H]2N)sc2c(NCc3cccs3)cc(Cl)nc12. The molecule has 2 atom stereocenters. The lowest BCUT2D eigenvalue weighted by molar-refractivity contribution is 0.407. The lowest BCUT2D eigenvalue weighted by Crippen LogP contribution is -2.29. The monoisotopic (exact) mass is 419 g/mol. The average molecular weight is 420 g/mol. The van der Waals surface area contributed by atoms with E-state index in [0.29, 0.717) is 11.1 Å². The molecule has 1 saturated carbocycles. The maximum atomic E-state index is 6.61. The van der Waals surface area contributed by atoms with E-state index < -0.39 is 0 Å². The van der Waals surface area contributed by atoms with Gasteiger partial charge in [-0.05, 0) is 36.8 Å². The molecule has 0 aromatic carbocycles. The molecule has 3 aromatic rings. The van der Waals surface area contributed by atoms with Crippen LogP contribution in [0.2, 0.25) is 5.15 Å². The maximum absolute atomic E-state index is 6.61. The topological polar surface area (TPSA) is 50.9 Å². The molecule has 1 aliphatic carbocycles. The first-order valence-corrected chi connectivity index (χ1v) is 11.8. The number of rotatable bonds is 4. The molecule has 6 heteroatoms. The van der Waals surface area contributed by atoms with Crippen molar-refractivity contribution in [3.05, 3.63) is 44.1 Å². The van der Waals surface area contributed by atoms with E-state index in [-0.39, 0.29) is 6.04 Å². The molecule has 3 N–H and O–H groups in total. The van der Waals surface area contributed by atoms with Gasteiger partial charge in [-0.25, -0.2) is 4.98 Å². The molecule has 0 saturated heterocycles. The van der Waals surface area contributed by atoms with E-state index in [2.05, 4.69) is 34.7 Å². The minimum Gasteiger partial charge on any atom is -0.379 e. The van der Waals surface area contributed by atoms with Crippen molar-refractivity contribution in [2.24, 2.45) is 5.73 Å². The Morgan fingerprint density at radius 2 is 2.07 bits per heavy atom. The van der Waals surface area contributed by atoms with E-state index in [1.54, 1.807) is 11.3 Å². The molecule has 0 spiro atoms. The molecule has 144 valence electrons. The molecule has 0 aliphatic heterocycles. The largest absolute Gasteiger partial charge is 0.379 e. The summed E-state index contributed by atoms with van der Waals surface area (Å²) in [5.41, 5.74) is 9.98. The van der Waals surface area contributed by atoms with Crippen LogP contribution in [0.25, 0.3) is 10.2 Å². The van der Waals surface area contributed by atoms with Crippen LogP contribution in [0.1, 0.15) is 59.8 Å². The Labute approximate surface area is 174 Å². The van der Waals surface area contributed by atoms with Crippen molar-refractivity contribution < 1.29 is 0 Å². The summed E-state index contributed by atoms with van der Waals surface area (Å²) in [5.74, 6) is 0.438. The Morgan fingerprint density at radius 3 is 2.85 bits per heavy atom. The van der Waals surface area contributed by atoms with Gasteiger partial charge in [0.1, 0.15) is 5.15 Å². The van der Waals surface area contributed by atoms with Crippen molar-refractivity contribution in [2.45, 2.75) is 64.0 Å². The van der Waals surface area contributed by atoms with Crippen LogP contribution in [-0.2, 0) is 6.54 Å². The summed E-state index contributed by atoms with van der Waals surface area (Å²) in [5, 5.41) is 6.23. The maximum Gasteiger partial charge on any atom is 0.131 e. The van der Waals surface area contributed by atoms with Gasteiger partial charge in [-0.3, -0.25) is 0 Å². The molecule has 3 heterocycles. The lowest BCUT2D eigenvalue weighted by atomic mass is 9.85. The fourth-order valence-electron chi connectivity index (χ4n) is 4.08. The fraction of sp³-hybridized carbons (Fsp3) is 0.476. The van der Waals surface area contributed by atoms with Gasteiger partial charge in [-0.1, -0.05) is 43.4 Å². The van der Waals surface area contributed by atoms with E-state index in [1.807, 2.05) is 17.4 Å². The van der Waals surface area contributed by atoms with Crippen LogP contribution in [0.3, 0.4) is 0 Å². The quantitative estimate of drug-likeness (QED) is 0.462. The predicted molar refractivity (Wildman–Crippen MR) is 119 cm³/mol. The minimum absolute atomic E-state index is 0.245. The number of nitrogens with two attached hydrogens (primary N) is 1. The van der Waals surface area contributed by atoms with Gasteiger partial charge < -0.3 is 11.1 Å². The summed E-state index contributed by atoms with van der Waals surface area (Å²) in [6, 6.07) is 6.43. The zero-order valence-electron chi connectivity index (χ0n) is 15.6. The summed E-state index contributed by atoms with van der Waals surface area (Å²) >= 11 is 9.98. The third kappa shape index (κ3) is 4.16. The molecular formula is C21H26ClN3S2. The molecule has 0 amide bonds. The van der Waals surface area contributed by atoms with Crippen LogP contribution >= 0.6 is 34.3 Å². The molecule has 0 unspecified atom stereocenters. The number of halogens is 1. The number of hydrogen-bond donors (Lipinski definition) is 2. The first-order chi connectivity index (χ1) is 13.1. The first kappa shape index (κ1) is 19.2. The Hall–Kier alpha value is -1.14. The standard InChI is InChI=1S/C21H26ClN3S2/c1-13-19-21(27-20(13)15-8-4-2-3-5-9-16(15)23)17(11-18(22)25-19)24-12-14-7-6-10-26-14/h6-7,10-11,15-16H,2-5,8-9,12,23H2,1H3,(H,24,25)/t15-,16+/m0/s1. The number of hydrogen-bond acceptors (Lipinski definition) is 5. The van der Waals surface area contributed by atoms with E-state index >= 15 is 0 Å². The van der Waals surface area contributed by atoms with Crippen molar-refractivity contribution >= 4 is 50.2 Å². The average Bonchev–Trinajstić information content (AvgIpc) is 3.26. The lowest BCUT2D eigenvalue weighted by Gasteiger charge is -2.26. The highest BCUT2D eigenvalue weighted by Gasteiger charge is 2.26.